The van der Waals surface area contributed by atoms with Crippen molar-refractivity contribution in [3.8, 4) is 0 Å². The fraction of sp³-hybridized carbons (Fsp3) is 0.941. The Morgan fingerprint density at radius 2 is 2.05 bits per heavy atom. The SMILES string of the molecule is CCCC1NC(CC)C(=O)N1CCCN1CCCCC1C. The quantitative estimate of drug-likeness (QED) is 0.784. The minimum atomic E-state index is 0.0514. The summed E-state index contributed by atoms with van der Waals surface area (Å²) in [5.74, 6) is 0.322. The molecule has 21 heavy (non-hydrogen) atoms. The number of carbonyl (C=O) groups excluding carboxylic acids is 1. The van der Waals surface area contributed by atoms with E-state index in [0.717, 1.165) is 44.8 Å². The molecule has 0 spiro atoms. The van der Waals surface area contributed by atoms with Crippen LogP contribution >= 0.6 is 0 Å². The summed E-state index contributed by atoms with van der Waals surface area (Å²) < 4.78 is 0. The lowest BCUT2D eigenvalue weighted by Crippen LogP contribution is -2.41. The number of nitrogens with zero attached hydrogens (tertiary/aromatic N) is 2. The zero-order valence-electron chi connectivity index (χ0n) is 14.1. The van der Waals surface area contributed by atoms with Crippen LogP contribution in [0.25, 0.3) is 0 Å². The Morgan fingerprint density at radius 3 is 2.71 bits per heavy atom. The number of nitrogens with one attached hydrogen (secondary N) is 1. The molecule has 0 bridgehead atoms. The van der Waals surface area contributed by atoms with Crippen LogP contribution in [0, 0.1) is 0 Å². The van der Waals surface area contributed by atoms with Crippen molar-refractivity contribution in [2.75, 3.05) is 19.6 Å². The topological polar surface area (TPSA) is 35.6 Å². The molecule has 0 aliphatic carbocycles. The van der Waals surface area contributed by atoms with Crippen molar-refractivity contribution >= 4 is 5.91 Å². The van der Waals surface area contributed by atoms with Gasteiger partial charge in [-0.1, -0.05) is 26.7 Å². The normalized spacial score (nSPS) is 31.1. The van der Waals surface area contributed by atoms with Crippen LogP contribution in [0.3, 0.4) is 0 Å². The summed E-state index contributed by atoms with van der Waals surface area (Å²) in [5, 5.41) is 3.50. The third kappa shape index (κ3) is 4.19. The van der Waals surface area contributed by atoms with E-state index in [9.17, 15) is 4.79 Å². The molecule has 1 N–H and O–H groups in total. The Bertz CT molecular complexity index is 334. The van der Waals surface area contributed by atoms with Crippen molar-refractivity contribution in [2.45, 2.75) is 84.0 Å². The maximum Gasteiger partial charge on any atom is 0.241 e. The molecule has 2 heterocycles. The largest absolute Gasteiger partial charge is 0.326 e. The van der Waals surface area contributed by atoms with Gasteiger partial charge < -0.3 is 9.80 Å². The summed E-state index contributed by atoms with van der Waals surface area (Å²) in [6.07, 6.45) is 8.52. The van der Waals surface area contributed by atoms with Crippen LogP contribution in [0.15, 0.2) is 0 Å². The second-order valence-corrected chi connectivity index (χ2v) is 6.70. The average molecular weight is 295 g/mol. The van der Waals surface area contributed by atoms with Crippen molar-refractivity contribution in [1.82, 2.24) is 15.1 Å². The maximum absolute atomic E-state index is 12.4. The molecule has 3 unspecified atom stereocenters. The molecular formula is C17H33N3O. The third-order valence-electron chi connectivity index (χ3n) is 5.11. The van der Waals surface area contributed by atoms with Crippen LogP contribution in [0.1, 0.15) is 65.7 Å². The summed E-state index contributed by atoms with van der Waals surface area (Å²) in [5.41, 5.74) is 0. The average Bonchev–Trinajstić information content (AvgIpc) is 2.78. The second-order valence-electron chi connectivity index (χ2n) is 6.70. The highest BCUT2D eigenvalue weighted by Crippen LogP contribution is 2.19. The van der Waals surface area contributed by atoms with Gasteiger partial charge in [-0.25, -0.2) is 0 Å². The number of likely N-dealkylation sites (tertiary alicyclic amines) is 1. The Balaban J connectivity index is 1.80. The Labute approximate surface area is 130 Å². The molecule has 0 radical (unpaired) electrons. The monoisotopic (exact) mass is 295 g/mol. The maximum atomic E-state index is 12.4. The minimum absolute atomic E-state index is 0.0514. The van der Waals surface area contributed by atoms with Crippen molar-refractivity contribution in [1.29, 1.82) is 0 Å². The number of hydrogen-bond acceptors (Lipinski definition) is 3. The molecular weight excluding hydrogens is 262 g/mol. The van der Waals surface area contributed by atoms with Gasteiger partial charge in [0.15, 0.2) is 0 Å². The summed E-state index contributed by atoms with van der Waals surface area (Å²) in [7, 11) is 0. The van der Waals surface area contributed by atoms with Crippen LogP contribution in [0.2, 0.25) is 0 Å². The van der Waals surface area contributed by atoms with E-state index in [4.69, 9.17) is 0 Å². The molecule has 0 aromatic heterocycles. The van der Waals surface area contributed by atoms with E-state index < -0.39 is 0 Å². The molecule has 2 aliphatic heterocycles. The van der Waals surface area contributed by atoms with E-state index in [-0.39, 0.29) is 12.2 Å². The van der Waals surface area contributed by atoms with Gasteiger partial charge >= 0.3 is 0 Å². The van der Waals surface area contributed by atoms with Crippen molar-refractivity contribution in [3.63, 3.8) is 0 Å². The Hall–Kier alpha value is -0.610. The van der Waals surface area contributed by atoms with E-state index in [1.54, 1.807) is 0 Å². The Morgan fingerprint density at radius 1 is 1.24 bits per heavy atom. The summed E-state index contributed by atoms with van der Waals surface area (Å²) >= 11 is 0. The first-order valence-electron chi connectivity index (χ1n) is 8.98. The first-order chi connectivity index (χ1) is 10.2. The molecule has 0 aromatic carbocycles. The van der Waals surface area contributed by atoms with Crippen LogP contribution in [-0.4, -0.2) is 53.6 Å². The van der Waals surface area contributed by atoms with Gasteiger partial charge in [0.2, 0.25) is 5.91 Å². The van der Waals surface area contributed by atoms with Gasteiger partial charge in [-0.05, 0) is 45.6 Å². The third-order valence-corrected chi connectivity index (χ3v) is 5.11. The van der Waals surface area contributed by atoms with Gasteiger partial charge in [0.25, 0.3) is 0 Å². The van der Waals surface area contributed by atoms with Crippen LogP contribution in [-0.2, 0) is 4.79 Å². The van der Waals surface area contributed by atoms with Crippen LogP contribution in [0.5, 0.6) is 0 Å². The summed E-state index contributed by atoms with van der Waals surface area (Å²) in [4.78, 5) is 17.1. The number of piperidine rings is 1. The van der Waals surface area contributed by atoms with E-state index in [1.165, 1.54) is 25.8 Å². The fourth-order valence-electron chi connectivity index (χ4n) is 3.75. The number of rotatable bonds is 7. The highest BCUT2D eigenvalue weighted by molar-refractivity contribution is 5.84. The summed E-state index contributed by atoms with van der Waals surface area (Å²) in [6, 6.07) is 0.774. The minimum Gasteiger partial charge on any atom is -0.326 e. The zero-order valence-corrected chi connectivity index (χ0v) is 14.1. The molecule has 3 atom stereocenters. The lowest BCUT2D eigenvalue weighted by Gasteiger charge is -2.34. The molecule has 2 aliphatic rings. The smallest absolute Gasteiger partial charge is 0.241 e. The van der Waals surface area contributed by atoms with E-state index in [1.807, 2.05) is 0 Å². The number of hydrogen-bond donors (Lipinski definition) is 1. The lowest BCUT2D eigenvalue weighted by molar-refractivity contribution is -0.130. The zero-order chi connectivity index (χ0) is 15.2. The number of amides is 1. The van der Waals surface area contributed by atoms with Crippen LogP contribution < -0.4 is 5.32 Å². The second kappa shape index (κ2) is 8.14. The van der Waals surface area contributed by atoms with Crippen molar-refractivity contribution in [3.05, 3.63) is 0 Å². The molecule has 0 saturated carbocycles. The lowest BCUT2D eigenvalue weighted by atomic mass is 10.0. The van der Waals surface area contributed by atoms with Gasteiger partial charge in [0.05, 0.1) is 12.2 Å². The Kier molecular flexibility index (Phi) is 6.49. The van der Waals surface area contributed by atoms with Gasteiger partial charge in [-0.2, -0.15) is 0 Å². The van der Waals surface area contributed by atoms with Crippen molar-refractivity contribution in [2.24, 2.45) is 0 Å². The molecule has 4 nitrogen and oxygen atoms in total. The summed E-state index contributed by atoms with van der Waals surface area (Å²) in [6.45, 7) is 9.92. The standard InChI is InChI=1S/C17H33N3O/c1-4-9-16-18-15(5-2)17(21)20(16)13-8-12-19-11-7-6-10-14(19)3/h14-16,18H,4-13H2,1-3H3. The first-order valence-corrected chi connectivity index (χ1v) is 8.98. The van der Waals surface area contributed by atoms with Gasteiger partial charge in [-0.3, -0.25) is 10.1 Å². The van der Waals surface area contributed by atoms with E-state index in [2.05, 4.69) is 35.9 Å². The van der Waals surface area contributed by atoms with E-state index >= 15 is 0 Å². The number of carbonyl (C=O) groups is 1. The molecule has 4 heteroatoms. The van der Waals surface area contributed by atoms with Gasteiger partial charge in [0, 0.05) is 19.1 Å². The molecule has 2 saturated heterocycles. The first kappa shape index (κ1) is 16.8. The molecule has 122 valence electrons. The van der Waals surface area contributed by atoms with Crippen LogP contribution in [0.4, 0.5) is 0 Å². The van der Waals surface area contributed by atoms with Crippen molar-refractivity contribution < 1.29 is 4.79 Å². The van der Waals surface area contributed by atoms with E-state index in [0.29, 0.717) is 5.91 Å². The predicted molar refractivity (Wildman–Crippen MR) is 87.1 cm³/mol. The van der Waals surface area contributed by atoms with Gasteiger partial charge in [0.1, 0.15) is 0 Å². The molecule has 0 aromatic rings. The predicted octanol–water partition coefficient (Wildman–Crippen LogP) is 2.59. The molecule has 2 fully saturated rings. The molecule has 1 amide bonds. The molecule has 2 rings (SSSR count). The highest BCUT2D eigenvalue weighted by Gasteiger charge is 2.36. The van der Waals surface area contributed by atoms with Gasteiger partial charge in [-0.15, -0.1) is 0 Å². The highest BCUT2D eigenvalue weighted by atomic mass is 16.2. The fourth-order valence-corrected chi connectivity index (χ4v) is 3.75.